The predicted octanol–water partition coefficient (Wildman–Crippen LogP) is 4.85. The molecule has 0 amide bonds. The molecule has 0 atom stereocenters. The number of thioether (sulfide) groups is 1. The van der Waals surface area contributed by atoms with E-state index in [4.69, 9.17) is 19.2 Å². The van der Waals surface area contributed by atoms with E-state index in [1.807, 2.05) is 31.2 Å². The largest absolute Gasteiger partial charge is 0.492 e. The van der Waals surface area contributed by atoms with E-state index in [0.29, 0.717) is 56.7 Å². The van der Waals surface area contributed by atoms with Gasteiger partial charge in [-0.1, -0.05) is 36.0 Å². The first-order valence-electron chi connectivity index (χ1n) is 10.9. The number of ether oxygens (including phenoxy) is 3. The van der Waals surface area contributed by atoms with Crippen LogP contribution < -0.4 is 15.0 Å². The van der Waals surface area contributed by atoms with Crippen LogP contribution in [0.15, 0.2) is 70.6 Å². The lowest BCUT2D eigenvalue weighted by Gasteiger charge is -2.21. The normalized spacial score (nSPS) is 12.7. The van der Waals surface area contributed by atoms with E-state index in [-0.39, 0.29) is 24.6 Å². The van der Waals surface area contributed by atoms with Crippen LogP contribution in [-0.2, 0) is 17.1 Å². The summed E-state index contributed by atoms with van der Waals surface area (Å²) in [5.41, 5.74) is 2.12. The van der Waals surface area contributed by atoms with Crippen LogP contribution in [0.1, 0.15) is 18.1 Å². The molecule has 10 heteroatoms. The molecule has 1 aliphatic heterocycles. The Bertz CT molecular complexity index is 1490. The summed E-state index contributed by atoms with van der Waals surface area (Å²) in [4.78, 5) is 29.4. The van der Waals surface area contributed by atoms with Gasteiger partial charge in [0.15, 0.2) is 11.9 Å². The zero-order valence-corrected chi connectivity index (χ0v) is 19.6. The van der Waals surface area contributed by atoms with Crippen LogP contribution in [0, 0.1) is 10.1 Å². The first kappa shape index (κ1) is 22.9. The van der Waals surface area contributed by atoms with Gasteiger partial charge in [-0.05, 0) is 31.2 Å². The first-order valence-corrected chi connectivity index (χ1v) is 11.9. The maximum Gasteiger partial charge on any atom is 0.270 e. The van der Waals surface area contributed by atoms with Crippen LogP contribution in [0.5, 0.6) is 11.5 Å². The molecule has 0 aliphatic carbocycles. The number of nitro groups is 1. The predicted molar refractivity (Wildman–Crippen MR) is 131 cm³/mol. The minimum atomic E-state index is -0.439. The molecule has 2 heterocycles. The Morgan fingerprint density at radius 2 is 1.97 bits per heavy atom. The number of nitrogens with zero attached hydrogens (tertiary/aromatic N) is 3. The Labute approximate surface area is 204 Å². The van der Waals surface area contributed by atoms with E-state index in [1.54, 1.807) is 24.3 Å². The van der Waals surface area contributed by atoms with Crippen molar-refractivity contribution < 1.29 is 19.1 Å². The summed E-state index contributed by atoms with van der Waals surface area (Å²) in [7, 11) is 0. The van der Waals surface area contributed by atoms with E-state index in [0.717, 1.165) is 0 Å². The van der Waals surface area contributed by atoms with Crippen molar-refractivity contribution in [2.24, 2.45) is 0 Å². The number of nitro benzene ring substituents is 1. The molecular weight excluding hydrogens is 470 g/mol. The van der Waals surface area contributed by atoms with Gasteiger partial charge in [-0.25, -0.2) is 4.98 Å². The van der Waals surface area contributed by atoms with Gasteiger partial charge in [0.25, 0.3) is 11.2 Å². The fraction of sp³-hybridized carbons (Fsp3) is 0.200. The third-order valence-corrected chi connectivity index (χ3v) is 6.48. The van der Waals surface area contributed by atoms with Gasteiger partial charge < -0.3 is 14.2 Å². The molecule has 9 nitrogen and oxygen atoms in total. The second kappa shape index (κ2) is 9.77. The number of fused-ring (bicyclic) bond motifs is 2. The number of non-ortho nitro benzene ring substituents is 1. The van der Waals surface area contributed by atoms with Gasteiger partial charge in [0.05, 0.1) is 34.7 Å². The molecule has 1 aliphatic rings. The Hall–Kier alpha value is -3.89. The van der Waals surface area contributed by atoms with Crippen LogP contribution in [0.25, 0.3) is 16.6 Å². The third kappa shape index (κ3) is 4.45. The third-order valence-electron chi connectivity index (χ3n) is 5.49. The Kier molecular flexibility index (Phi) is 6.39. The molecular formula is C25H21N3O6S. The molecule has 0 unspecified atom stereocenters. The van der Waals surface area contributed by atoms with Gasteiger partial charge in [0.1, 0.15) is 11.5 Å². The fourth-order valence-corrected chi connectivity index (χ4v) is 4.95. The fourth-order valence-electron chi connectivity index (χ4n) is 3.98. The van der Waals surface area contributed by atoms with Gasteiger partial charge in [0.2, 0.25) is 0 Å². The van der Waals surface area contributed by atoms with Gasteiger partial charge in [-0.15, -0.1) is 0 Å². The summed E-state index contributed by atoms with van der Waals surface area (Å²) in [5, 5.41) is 12.4. The molecule has 4 aromatic rings. The van der Waals surface area contributed by atoms with Crippen molar-refractivity contribution in [2.75, 3.05) is 13.4 Å². The van der Waals surface area contributed by atoms with Crippen molar-refractivity contribution in [2.45, 2.75) is 24.4 Å². The lowest BCUT2D eigenvalue weighted by atomic mass is 10.1. The van der Waals surface area contributed by atoms with Crippen LogP contribution in [0.3, 0.4) is 0 Å². The SMILES string of the molecule is CCOc1ccccc1-n1c(SCc2cc([N+](=O)[O-])cc3c2OCOC3)nc2ccccc2c1=O. The highest BCUT2D eigenvalue weighted by molar-refractivity contribution is 7.98. The highest BCUT2D eigenvalue weighted by Gasteiger charge is 2.22. The molecule has 0 saturated carbocycles. The van der Waals surface area contributed by atoms with Crippen LogP contribution in [0.2, 0.25) is 0 Å². The molecule has 35 heavy (non-hydrogen) atoms. The molecule has 178 valence electrons. The molecule has 0 spiro atoms. The summed E-state index contributed by atoms with van der Waals surface area (Å²) in [5.74, 6) is 1.42. The zero-order chi connectivity index (χ0) is 24.4. The highest BCUT2D eigenvalue weighted by Crippen LogP contribution is 2.37. The second-order valence-corrected chi connectivity index (χ2v) is 8.64. The second-order valence-electron chi connectivity index (χ2n) is 7.70. The van der Waals surface area contributed by atoms with Crippen LogP contribution in [0.4, 0.5) is 5.69 Å². The first-order chi connectivity index (χ1) is 17.1. The summed E-state index contributed by atoms with van der Waals surface area (Å²) in [6.07, 6.45) is 0. The average molecular weight is 492 g/mol. The smallest absolute Gasteiger partial charge is 0.270 e. The Morgan fingerprint density at radius 3 is 2.80 bits per heavy atom. The topological polar surface area (TPSA) is 106 Å². The monoisotopic (exact) mass is 491 g/mol. The minimum Gasteiger partial charge on any atom is -0.492 e. The van der Waals surface area contributed by atoms with Gasteiger partial charge in [-0.2, -0.15) is 0 Å². The number of hydrogen-bond donors (Lipinski definition) is 0. The Morgan fingerprint density at radius 1 is 1.17 bits per heavy atom. The minimum absolute atomic E-state index is 0.0426. The molecule has 0 bridgehead atoms. The van der Waals surface area contributed by atoms with Crippen molar-refractivity contribution in [3.05, 3.63) is 92.3 Å². The quantitative estimate of drug-likeness (QED) is 0.156. The van der Waals surface area contributed by atoms with Crippen LogP contribution in [-0.4, -0.2) is 27.9 Å². The number of aromatic nitrogens is 2. The van der Waals surface area contributed by atoms with Crippen molar-refractivity contribution in [1.82, 2.24) is 9.55 Å². The van der Waals surface area contributed by atoms with E-state index in [1.165, 1.54) is 28.5 Å². The average Bonchev–Trinajstić information content (AvgIpc) is 2.88. The summed E-state index contributed by atoms with van der Waals surface area (Å²) in [6, 6.07) is 17.4. The lowest BCUT2D eigenvalue weighted by Crippen LogP contribution is -2.22. The molecule has 3 aromatic carbocycles. The molecule has 0 saturated heterocycles. The molecule has 0 N–H and O–H groups in total. The number of benzene rings is 3. The van der Waals surface area contributed by atoms with Gasteiger partial charge in [-0.3, -0.25) is 19.5 Å². The standard InChI is InChI=1S/C25H21N3O6S/c1-2-33-22-10-6-5-9-21(22)27-24(29)19-7-3-4-8-20(19)26-25(27)35-14-17-12-18(28(30)31)11-16-13-32-15-34-23(16)17/h3-12H,2,13-15H2,1H3. The number of para-hydroxylation sites is 3. The summed E-state index contributed by atoms with van der Waals surface area (Å²) >= 11 is 1.30. The molecule has 0 radical (unpaired) electrons. The highest BCUT2D eigenvalue weighted by atomic mass is 32.2. The number of hydrogen-bond acceptors (Lipinski definition) is 8. The van der Waals surface area contributed by atoms with Crippen LogP contribution >= 0.6 is 11.8 Å². The number of rotatable bonds is 7. The maximum atomic E-state index is 13.6. The van der Waals surface area contributed by atoms with E-state index < -0.39 is 4.92 Å². The van der Waals surface area contributed by atoms with Crippen molar-refractivity contribution >= 4 is 28.4 Å². The zero-order valence-electron chi connectivity index (χ0n) is 18.8. The van der Waals surface area contributed by atoms with Crippen molar-refractivity contribution in [3.8, 4) is 17.2 Å². The van der Waals surface area contributed by atoms with E-state index in [9.17, 15) is 14.9 Å². The van der Waals surface area contributed by atoms with Crippen molar-refractivity contribution in [3.63, 3.8) is 0 Å². The maximum absolute atomic E-state index is 13.6. The van der Waals surface area contributed by atoms with E-state index >= 15 is 0 Å². The van der Waals surface area contributed by atoms with Crippen molar-refractivity contribution in [1.29, 1.82) is 0 Å². The summed E-state index contributed by atoms with van der Waals surface area (Å²) in [6.45, 7) is 2.62. The van der Waals surface area contributed by atoms with Gasteiger partial charge >= 0.3 is 0 Å². The van der Waals surface area contributed by atoms with Gasteiger partial charge in [0, 0.05) is 29.0 Å². The molecule has 5 rings (SSSR count). The lowest BCUT2D eigenvalue weighted by molar-refractivity contribution is -0.385. The summed E-state index contributed by atoms with van der Waals surface area (Å²) < 4.78 is 18.3. The molecule has 0 fully saturated rings. The van der Waals surface area contributed by atoms with E-state index in [2.05, 4.69) is 0 Å². The molecule has 1 aromatic heterocycles. The Balaban J connectivity index is 1.63.